The molecule has 3 heteroatoms. The van der Waals surface area contributed by atoms with E-state index in [1.165, 1.54) is 11.1 Å². The second-order valence-corrected chi connectivity index (χ2v) is 6.37. The van der Waals surface area contributed by atoms with E-state index in [0.717, 1.165) is 44.9 Å². The highest BCUT2D eigenvalue weighted by Gasteiger charge is 2.19. The lowest BCUT2D eigenvalue weighted by Gasteiger charge is -2.26. The van der Waals surface area contributed by atoms with Crippen LogP contribution in [0, 0.1) is 6.92 Å². The van der Waals surface area contributed by atoms with Crippen LogP contribution in [0.1, 0.15) is 56.1 Å². The van der Waals surface area contributed by atoms with Gasteiger partial charge in [0.2, 0.25) is 5.91 Å². The van der Waals surface area contributed by atoms with Crippen LogP contribution in [0.4, 0.5) is 0 Å². The lowest BCUT2D eigenvalue weighted by Crippen LogP contribution is -2.40. The first-order chi connectivity index (χ1) is 10.1. The van der Waals surface area contributed by atoms with E-state index >= 15 is 0 Å². The van der Waals surface area contributed by atoms with Crippen LogP contribution >= 0.6 is 0 Å². The Kier molecular flexibility index (Phi) is 6.24. The number of hydrogen-bond acceptors (Lipinski definition) is 2. The Morgan fingerprint density at radius 3 is 2.48 bits per heavy atom. The third-order valence-corrected chi connectivity index (χ3v) is 4.38. The number of benzene rings is 1. The van der Waals surface area contributed by atoms with E-state index in [1.807, 2.05) is 0 Å². The van der Waals surface area contributed by atoms with Crippen molar-refractivity contribution in [2.24, 2.45) is 5.73 Å². The molecule has 0 aliphatic heterocycles. The highest BCUT2D eigenvalue weighted by molar-refractivity contribution is 5.76. The van der Waals surface area contributed by atoms with E-state index in [9.17, 15) is 4.79 Å². The van der Waals surface area contributed by atoms with Gasteiger partial charge in [-0.15, -0.1) is 0 Å². The van der Waals surface area contributed by atoms with Gasteiger partial charge in [-0.2, -0.15) is 0 Å². The Morgan fingerprint density at radius 2 is 1.81 bits per heavy atom. The van der Waals surface area contributed by atoms with Gasteiger partial charge in [0.25, 0.3) is 0 Å². The number of amides is 1. The summed E-state index contributed by atoms with van der Waals surface area (Å²) in [6.45, 7) is 2.10. The molecule has 1 aromatic rings. The van der Waals surface area contributed by atoms with Gasteiger partial charge < -0.3 is 11.1 Å². The van der Waals surface area contributed by atoms with E-state index in [-0.39, 0.29) is 5.91 Å². The summed E-state index contributed by atoms with van der Waals surface area (Å²) in [4.78, 5) is 11.9. The molecule has 0 atom stereocenters. The van der Waals surface area contributed by atoms with Gasteiger partial charge in [0, 0.05) is 18.5 Å². The van der Waals surface area contributed by atoms with Crippen molar-refractivity contribution in [3.8, 4) is 0 Å². The molecule has 2 rings (SSSR count). The van der Waals surface area contributed by atoms with E-state index in [2.05, 4.69) is 36.5 Å². The van der Waals surface area contributed by atoms with Crippen LogP contribution < -0.4 is 11.1 Å². The van der Waals surface area contributed by atoms with Crippen molar-refractivity contribution in [2.45, 2.75) is 70.4 Å². The summed E-state index contributed by atoms with van der Waals surface area (Å²) >= 11 is 0. The molecule has 0 spiro atoms. The lowest BCUT2D eigenvalue weighted by molar-refractivity contribution is -0.122. The van der Waals surface area contributed by atoms with Crippen molar-refractivity contribution in [2.75, 3.05) is 0 Å². The summed E-state index contributed by atoms with van der Waals surface area (Å²) in [7, 11) is 0. The molecule has 0 saturated heterocycles. The van der Waals surface area contributed by atoms with E-state index in [0.29, 0.717) is 18.5 Å². The first-order valence-corrected chi connectivity index (χ1v) is 8.24. The molecule has 3 nitrogen and oxygen atoms in total. The van der Waals surface area contributed by atoms with Crippen LogP contribution in [0.3, 0.4) is 0 Å². The molecular formula is C18H28N2O. The minimum atomic E-state index is 0.208. The number of nitrogens with two attached hydrogens (primary N) is 1. The SMILES string of the molecule is Cc1ccc(CCCCC(=O)NC2CCC(N)CC2)cc1. The number of unbranched alkanes of at least 4 members (excludes halogenated alkanes) is 1. The molecule has 0 aromatic heterocycles. The maximum absolute atomic E-state index is 11.9. The van der Waals surface area contributed by atoms with Gasteiger partial charge in [0.1, 0.15) is 0 Å². The molecule has 21 heavy (non-hydrogen) atoms. The molecule has 1 aliphatic carbocycles. The Balaban J connectivity index is 1.58. The van der Waals surface area contributed by atoms with E-state index < -0.39 is 0 Å². The number of nitrogens with one attached hydrogen (secondary N) is 1. The minimum absolute atomic E-state index is 0.208. The van der Waals surface area contributed by atoms with Crippen molar-refractivity contribution in [1.82, 2.24) is 5.32 Å². The number of carbonyl (C=O) groups excluding carboxylic acids is 1. The Bertz CT molecular complexity index is 433. The Morgan fingerprint density at radius 1 is 1.14 bits per heavy atom. The summed E-state index contributed by atoms with van der Waals surface area (Å²) in [6.07, 6.45) is 7.90. The Labute approximate surface area is 128 Å². The number of carbonyl (C=O) groups is 1. The van der Waals surface area contributed by atoms with Crippen molar-refractivity contribution >= 4 is 5.91 Å². The smallest absolute Gasteiger partial charge is 0.220 e. The van der Waals surface area contributed by atoms with E-state index in [1.54, 1.807) is 0 Å². The first kappa shape index (κ1) is 16.0. The molecule has 1 amide bonds. The molecule has 0 heterocycles. The molecule has 3 N–H and O–H groups in total. The van der Waals surface area contributed by atoms with Crippen LogP contribution in [-0.2, 0) is 11.2 Å². The van der Waals surface area contributed by atoms with Crippen molar-refractivity contribution in [3.05, 3.63) is 35.4 Å². The van der Waals surface area contributed by atoms with Gasteiger partial charge in [0.15, 0.2) is 0 Å². The van der Waals surface area contributed by atoms with Gasteiger partial charge in [-0.05, 0) is 57.4 Å². The molecule has 0 unspecified atom stereocenters. The third-order valence-electron chi connectivity index (χ3n) is 4.38. The molecule has 1 aromatic carbocycles. The molecule has 0 radical (unpaired) electrons. The summed E-state index contributed by atoms with van der Waals surface area (Å²) in [6, 6.07) is 9.36. The summed E-state index contributed by atoms with van der Waals surface area (Å²) < 4.78 is 0. The van der Waals surface area contributed by atoms with Crippen LogP contribution in [0.15, 0.2) is 24.3 Å². The quantitative estimate of drug-likeness (QED) is 0.790. The topological polar surface area (TPSA) is 55.1 Å². The van der Waals surface area contributed by atoms with Crippen LogP contribution in [-0.4, -0.2) is 18.0 Å². The monoisotopic (exact) mass is 288 g/mol. The fourth-order valence-electron chi connectivity index (χ4n) is 2.93. The second-order valence-electron chi connectivity index (χ2n) is 6.37. The lowest BCUT2D eigenvalue weighted by atomic mass is 9.92. The largest absolute Gasteiger partial charge is 0.353 e. The zero-order valence-corrected chi connectivity index (χ0v) is 13.1. The summed E-state index contributed by atoms with van der Waals surface area (Å²) in [5.41, 5.74) is 8.54. The standard InChI is InChI=1S/C18H28N2O/c1-14-6-8-15(9-7-14)4-2-3-5-18(21)20-17-12-10-16(19)11-13-17/h6-9,16-17H,2-5,10-13,19H2,1H3,(H,20,21). The number of rotatable bonds is 6. The van der Waals surface area contributed by atoms with Crippen LogP contribution in [0.25, 0.3) is 0 Å². The van der Waals surface area contributed by atoms with Crippen molar-refractivity contribution in [1.29, 1.82) is 0 Å². The van der Waals surface area contributed by atoms with E-state index in [4.69, 9.17) is 5.73 Å². The zero-order chi connectivity index (χ0) is 15.1. The molecular weight excluding hydrogens is 260 g/mol. The van der Waals surface area contributed by atoms with Crippen molar-refractivity contribution < 1.29 is 4.79 Å². The van der Waals surface area contributed by atoms with Crippen molar-refractivity contribution in [3.63, 3.8) is 0 Å². The number of aryl methyl sites for hydroxylation is 2. The summed E-state index contributed by atoms with van der Waals surface area (Å²) in [5, 5.41) is 3.15. The first-order valence-electron chi connectivity index (χ1n) is 8.24. The van der Waals surface area contributed by atoms with Gasteiger partial charge in [0.05, 0.1) is 0 Å². The highest BCUT2D eigenvalue weighted by Crippen LogP contribution is 2.17. The minimum Gasteiger partial charge on any atom is -0.353 e. The predicted molar refractivity (Wildman–Crippen MR) is 87.1 cm³/mol. The average Bonchev–Trinajstić information content (AvgIpc) is 2.48. The second kappa shape index (κ2) is 8.18. The zero-order valence-electron chi connectivity index (χ0n) is 13.1. The molecule has 116 valence electrons. The van der Waals surface area contributed by atoms with Gasteiger partial charge in [-0.1, -0.05) is 29.8 Å². The fourth-order valence-corrected chi connectivity index (χ4v) is 2.93. The van der Waals surface area contributed by atoms with Crippen LogP contribution in [0.2, 0.25) is 0 Å². The predicted octanol–water partition coefficient (Wildman–Crippen LogP) is 3.09. The molecule has 0 bridgehead atoms. The summed E-state index contributed by atoms with van der Waals surface area (Å²) in [5.74, 6) is 0.208. The Hall–Kier alpha value is -1.35. The van der Waals surface area contributed by atoms with Gasteiger partial charge in [-0.3, -0.25) is 4.79 Å². The van der Waals surface area contributed by atoms with Crippen LogP contribution in [0.5, 0.6) is 0 Å². The molecule has 1 saturated carbocycles. The maximum Gasteiger partial charge on any atom is 0.220 e. The fraction of sp³-hybridized carbons (Fsp3) is 0.611. The normalized spacial score (nSPS) is 22.0. The average molecular weight is 288 g/mol. The number of hydrogen-bond donors (Lipinski definition) is 2. The van der Waals surface area contributed by atoms with Gasteiger partial charge in [-0.25, -0.2) is 0 Å². The maximum atomic E-state index is 11.9. The molecule has 1 aliphatic rings. The molecule has 1 fully saturated rings. The third kappa shape index (κ3) is 5.88. The highest BCUT2D eigenvalue weighted by atomic mass is 16.1. The van der Waals surface area contributed by atoms with Gasteiger partial charge >= 0.3 is 0 Å².